The van der Waals surface area contributed by atoms with Crippen LogP contribution in [0.4, 0.5) is 13.2 Å². The predicted octanol–water partition coefficient (Wildman–Crippen LogP) is 2.08. The Kier molecular flexibility index (Phi) is 6.74. The van der Waals surface area contributed by atoms with E-state index in [9.17, 15) is 21.6 Å². The Morgan fingerprint density at radius 1 is 1.31 bits per heavy atom. The van der Waals surface area contributed by atoms with E-state index in [1.54, 1.807) is 6.07 Å². The summed E-state index contributed by atoms with van der Waals surface area (Å²) in [5.74, 6) is 0.460. The van der Waals surface area contributed by atoms with Gasteiger partial charge in [0.05, 0.1) is 18.1 Å². The summed E-state index contributed by atoms with van der Waals surface area (Å²) in [5, 5.41) is 6.04. The predicted molar refractivity (Wildman–Crippen MR) is 92.7 cm³/mol. The van der Waals surface area contributed by atoms with Crippen LogP contribution >= 0.6 is 0 Å². The number of nitrogens with one attached hydrogen (secondary N) is 2. The van der Waals surface area contributed by atoms with Gasteiger partial charge in [-0.1, -0.05) is 18.2 Å². The second kappa shape index (κ2) is 8.61. The van der Waals surface area contributed by atoms with Crippen LogP contribution in [0.3, 0.4) is 0 Å². The van der Waals surface area contributed by atoms with E-state index in [1.807, 2.05) is 6.92 Å². The molecule has 146 valence electrons. The van der Waals surface area contributed by atoms with Crippen molar-refractivity contribution in [3.8, 4) is 5.75 Å². The zero-order valence-corrected chi connectivity index (χ0v) is 15.2. The van der Waals surface area contributed by atoms with Gasteiger partial charge in [-0.2, -0.15) is 0 Å². The number of hydrogen-bond acceptors (Lipinski definition) is 4. The maximum atomic E-state index is 12.5. The molecule has 2 rings (SSSR count). The van der Waals surface area contributed by atoms with Crippen molar-refractivity contribution in [2.45, 2.75) is 26.3 Å². The molecule has 1 aromatic carbocycles. The fourth-order valence-electron chi connectivity index (χ4n) is 2.64. The van der Waals surface area contributed by atoms with Crippen LogP contribution in [-0.2, 0) is 16.4 Å². The largest absolute Gasteiger partial charge is 0.573 e. The number of ether oxygens (including phenoxy) is 1. The molecule has 1 heterocycles. The smallest absolute Gasteiger partial charge is 0.405 e. The Balaban J connectivity index is 2.00. The molecule has 0 radical (unpaired) electrons. The van der Waals surface area contributed by atoms with Crippen molar-refractivity contribution in [2.75, 3.05) is 24.6 Å². The van der Waals surface area contributed by atoms with Crippen LogP contribution in [0, 0.1) is 5.92 Å². The van der Waals surface area contributed by atoms with Crippen LogP contribution in [0.5, 0.6) is 5.75 Å². The topological polar surface area (TPSA) is 79.8 Å². The number of aliphatic imine (C=N–C) groups is 1. The van der Waals surface area contributed by atoms with Gasteiger partial charge >= 0.3 is 6.36 Å². The van der Waals surface area contributed by atoms with E-state index in [4.69, 9.17) is 0 Å². The van der Waals surface area contributed by atoms with Crippen molar-refractivity contribution in [1.82, 2.24) is 10.6 Å². The summed E-state index contributed by atoms with van der Waals surface area (Å²) < 4.78 is 64.4. The molecular weight excluding hydrogens is 371 g/mol. The van der Waals surface area contributed by atoms with Crippen LogP contribution < -0.4 is 15.4 Å². The lowest BCUT2D eigenvalue weighted by Gasteiger charge is -2.15. The molecule has 10 heteroatoms. The van der Waals surface area contributed by atoms with Crippen LogP contribution in [0.2, 0.25) is 0 Å². The van der Waals surface area contributed by atoms with E-state index in [2.05, 4.69) is 20.4 Å². The molecule has 1 fully saturated rings. The highest BCUT2D eigenvalue weighted by Gasteiger charge is 2.32. The fraction of sp³-hybridized carbons (Fsp3) is 0.562. The molecule has 1 aliphatic rings. The number of para-hydroxylation sites is 1. The second-order valence-corrected chi connectivity index (χ2v) is 8.23. The van der Waals surface area contributed by atoms with Gasteiger partial charge in [0.25, 0.3) is 0 Å². The maximum absolute atomic E-state index is 12.5. The normalized spacial score (nSPS) is 20.0. The van der Waals surface area contributed by atoms with Gasteiger partial charge in [0.2, 0.25) is 0 Å². The molecule has 0 spiro atoms. The van der Waals surface area contributed by atoms with Crippen molar-refractivity contribution in [2.24, 2.45) is 10.9 Å². The molecule has 6 nitrogen and oxygen atoms in total. The summed E-state index contributed by atoms with van der Waals surface area (Å²) in [4.78, 5) is 4.27. The first kappa shape index (κ1) is 20.3. The van der Waals surface area contributed by atoms with Gasteiger partial charge in [0, 0.05) is 18.7 Å². The average Bonchev–Trinajstić information content (AvgIpc) is 2.89. The zero-order valence-electron chi connectivity index (χ0n) is 14.3. The van der Waals surface area contributed by atoms with Crippen LogP contribution in [0.25, 0.3) is 0 Å². The third-order valence-corrected chi connectivity index (χ3v) is 5.67. The quantitative estimate of drug-likeness (QED) is 0.571. The Bertz CT molecular complexity index is 736. The van der Waals surface area contributed by atoms with Crippen LogP contribution in [-0.4, -0.2) is 45.3 Å². The molecule has 1 aliphatic heterocycles. The van der Waals surface area contributed by atoms with Gasteiger partial charge in [-0.05, 0) is 25.3 Å². The molecule has 0 bridgehead atoms. The summed E-state index contributed by atoms with van der Waals surface area (Å²) in [6.45, 7) is 2.85. The minimum Gasteiger partial charge on any atom is -0.405 e. The molecule has 0 saturated carbocycles. The van der Waals surface area contributed by atoms with Gasteiger partial charge in [0.1, 0.15) is 5.75 Å². The highest BCUT2D eigenvalue weighted by Crippen LogP contribution is 2.26. The van der Waals surface area contributed by atoms with Gasteiger partial charge < -0.3 is 15.4 Å². The number of nitrogens with zero attached hydrogens (tertiary/aromatic N) is 1. The standard InChI is InChI=1S/C16H22F3N3O3S/c1-2-20-15(21-9-12-7-8-26(23,24)11-12)22-10-13-5-3-4-6-14(13)25-16(17,18)19/h3-6,12H,2,7-11H2,1H3,(H2,20,21,22). The number of hydrogen-bond donors (Lipinski definition) is 2. The average molecular weight is 393 g/mol. The third-order valence-electron chi connectivity index (χ3n) is 3.83. The first-order chi connectivity index (χ1) is 12.2. The molecule has 0 amide bonds. The highest BCUT2D eigenvalue weighted by molar-refractivity contribution is 7.91. The third kappa shape index (κ3) is 6.74. The minimum atomic E-state index is -4.77. The molecular formula is C16H22F3N3O3S. The number of rotatable bonds is 6. The SMILES string of the molecule is CCNC(=NCc1ccccc1OC(F)(F)F)NCC1CCS(=O)(=O)C1. The monoisotopic (exact) mass is 393 g/mol. The maximum Gasteiger partial charge on any atom is 0.573 e. The highest BCUT2D eigenvalue weighted by atomic mass is 32.2. The van der Waals surface area contributed by atoms with Crippen molar-refractivity contribution in [3.05, 3.63) is 29.8 Å². The minimum absolute atomic E-state index is 0.00436. The number of sulfone groups is 1. The van der Waals surface area contributed by atoms with Crippen molar-refractivity contribution < 1.29 is 26.3 Å². The Morgan fingerprint density at radius 2 is 2.04 bits per heavy atom. The van der Waals surface area contributed by atoms with Gasteiger partial charge in [-0.15, -0.1) is 13.2 Å². The molecule has 1 unspecified atom stereocenters. The molecule has 26 heavy (non-hydrogen) atoms. The van der Waals surface area contributed by atoms with E-state index in [-0.39, 0.29) is 29.7 Å². The van der Waals surface area contributed by atoms with Crippen molar-refractivity contribution >= 4 is 15.8 Å². The van der Waals surface area contributed by atoms with E-state index in [0.717, 1.165) is 0 Å². The van der Waals surface area contributed by atoms with E-state index in [1.165, 1.54) is 18.2 Å². The summed E-state index contributed by atoms with van der Waals surface area (Å²) in [6.07, 6.45) is -4.17. The Morgan fingerprint density at radius 3 is 2.65 bits per heavy atom. The molecule has 0 aromatic heterocycles. The lowest BCUT2D eigenvalue weighted by atomic mass is 10.1. The molecule has 0 aliphatic carbocycles. The summed E-state index contributed by atoms with van der Waals surface area (Å²) in [7, 11) is -2.96. The molecule has 1 saturated heterocycles. The second-order valence-electron chi connectivity index (χ2n) is 6.00. The van der Waals surface area contributed by atoms with Gasteiger partial charge in [-0.3, -0.25) is 0 Å². The number of alkyl halides is 3. The number of guanidine groups is 1. The fourth-order valence-corrected chi connectivity index (χ4v) is 4.50. The molecule has 2 N–H and O–H groups in total. The summed E-state index contributed by atoms with van der Waals surface area (Å²) >= 11 is 0. The number of benzene rings is 1. The van der Waals surface area contributed by atoms with Gasteiger partial charge in [0.15, 0.2) is 15.8 Å². The van der Waals surface area contributed by atoms with Crippen LogP contribution in [0.1, 0.15) is 18.9 Å². The Hall–Kier alpha value is -1.97. The zero-order chi connectivity index (χ0) is 19.2. The first-order valence-corrected chi connectivity index (χ1v) is 10.1. The van der Waals surface area contributed by atoms with E-state index in [0.29, 0.717) is 31.0 Å². The van der Waals surface area contributed by atoms with Gasteiger partial charge in [-0.25, -0.2) is 13.4 Å². The van der Waals surface area contributed by atoms with E-state index < -0.39 is 16.2 Å². The summed E-state index contributed by atoms with van der Waals surface area (Å²) in [5.41, 5.74) is 0.297. The van der Waals surface area contributed by atoms with Crippen LogP contribution in [0.15, 0.2) is 29.3 Å². The van der Waals surface area contributed by atoms with E-state index >= 15 is 0 Å². The number of halogens is 3. The lowest BCUT2D eigenvalue weighted by molar-refractivity contribution is -0.274. The first-order valence-electron chi connectivity index (χ1n) is 8.25. The molecule has 1 aromatic rings. The molecule has 1 atom stereocenters. The van der Waals surface area contributed by atoms with Crippen molar-refractivity contribution in [1.29, 1.82) is 0 Å². The van der Waals surface area contributed by atoms with Crippen molar-refractivity contribution in [3.63, 3.8) is 0 Å². The lowest BCUT2D eigenvalue weighted by Crippen LogP contribution is -2.40. The summed E-state index contributed by atoms with van der Waals surface area (Å²) in [6, 6.07) is 5.82. The Labute approximate surface area is 150 Å².